The van der Waals surface area contributed by atoms with Gasteiger partial charge >= 0.3 is 0 Å². The molecule has 2 aromatic rings. The third kappa shape index (κ3) is 3.64. The molecule has 0 bridgehead atoms. The summed E-state index contributed by atoms with van der Waals surface area (Å²) in [5.74, 6) is 0.498. The molecule has 8 heteroatoms. The van der Waals surface area contributed by atoms with Crippen molar-refractivity contribution in [1.82, 2.24) is 14.5 Å². The van der Waals surface area contributed by atoms with E-state index in [1.54, 1.807) is 43.2 Å². The van der Waals surface area contributed by atoms with Crippen LogP contribution in [0.15, 0.2) is 30.7 Å². The van der Waals surface area contributed by atoms with E-state index < -0.39 is 9.84 Å². The number of carbonyl (C=O) groups excluding carboxylic acids is 1. The quantitative estimate of drug-likeness (QED) is 0.788. The Morgan fingerprint density at radius 2 is 2.12 bits per heavy atom. The summed E-state index contributed by atoms with van der Waals surface area (Å²) >= 11 is 0. The normalized spacial score (nSPS) is 14.6. The summed E-state index contributed by atoms with van der Waals surface area (Å²) in [6, 6.07) is 3.53. The zero-order valence-electron chi connectivity index (χ0n) is 13.7. The number of hydrogen-bond acceptors (Lipinski definition) is 5. The maximum Gasteiger partial charge on any atom is 0.276 e. The van der Waals surface area contributed by atoms with Crippen LogP contribution in [0, 0.1) is 5.92 Å². The Hall–Kier alpha value is -2.22. The molecule has 24 heavy (non-hydrogen) atoms. The maximum atomic E-state index is 12.6. The van der Waals surface area contributed by atoms with Gasteiger partial charge in [0, 0.05) is 20.3 Å². The third-order valence-electron chi connectivity index (χ3n) is 4.18. The van der Waals surface area contributed by atoms with Gasteiger partial charge in [0.25, 0.3) is 5.91 Å². The minimum Gasteiger partial charge on any atom is -0.326 e. The molecule has 0 aliphatic heterocycles. The predicted octanol–water partition coefficient (Wildman–Crippen LogP) is 1.42. The van der Waals surface area contributed by atoms with Crippen LogP contribution in [-0.2, 0) is 22.6 Å². The highest BCUT2D eigenvalue weighted by Gasteiger charge is 2.29. The largest absolute Gasteiger partial charge is 0.326 e. The zero-order valence-corrected chi connectivity index (χ0v) is 14.5. The number of imidazole rings is 1. The van der Waals surface area contributed by atoms with E-state index in [0.717, 1.165) is 12.8 Å². The first-order valence-electron chi connectivity index (χ1n) is 7.76. The lowest BCUT2D eigenvalue weighted by atomic mass is 10.3. The monoisotopic (exact) mass is 348 g/mol. The fourth-order valence-electron chi connectivity index (χ4n) is 2.52. The van der Waals surface area contributed by atoms with Crippen molar-refractivity contribution in [2.75, 3.05) is 17.7 Å². The average molecular weight is 348 g/mol. The molecule has 1 saturated carbocycles. The molecule has 1 amide bonds. The molecule has 2 aromatic heterocycles. The molecule has 0 saturated heterocycles. The Balaban J connectivity index is 1.78. The number of anilines is 1. The standard InChI is InChI=1S/C16H20N4O3S/c1-19(13-4-3-7-17-8-13)16(21)14-9-18-15(20(14)2)11-24(22,23)10-12-5-6-12/h3-4,7-9,12H,5-6,10-11H2,1-2H3. The molecule has 0 atom stereocenters. The van der Waals surface area contributed by atoms with E-state index in [2.05, 4.69) is 9.97 Å². The van der Waals surface area contributed by atoms with Crippen molar-refractivity contribution in [3.05, 3.63) is 42.2 Å². The van der Waals surface area contributed by atoms with Crippen LogP contribution in [0.3, 0.4) is 0 Å². The number of nitrogens with zero attached hydrogens (tertiary/aromatic N) is 4. The number of hydrogen-bond donors (Lipinski definition) is 0. The summed E-state index contributed by atoms with van der Waals surface area (Å²) in [7, 11) is 0.118. The van der Waals surface area contributed by atoms with E-state index >= 15 is 0 Å². The molecule has 7 nitrogen and oxygen atoms in total. The summed E-state index contributed by atoms with van der Waals surface area (Å²) in [6.45, 7) is 0. The SMILES string of the molecule is CN(C(=O)c1cnc(CS(=O)(=O)CC2CC2)n1C)c1cccnc1. The van der Waals surface area contributed by atoms with Gasteiger partial charge in [-0.1, -0.05) is 0 Å². The molecule has 1 aliphatic carbocycles. The lowest BCUT2D eigenvalue weighted by Crippen LogP contribution is -2.28. The Morgan fingerprint density at radius 3 is 2.75 bits per heavy atom. The van der Waals surface area contributed by atoms with Gasteiger partial charge in [0.05, 0.1) is 23.8 Å². The Kier molecular flexibility index (Phi) is 4.40. The van der Waals surface area contributed by atoms with Crippen LogP contribution < -0.4 is 4.90 Å². The van der Waals surface area contributed by atoms with Gasteiger partial charge in [0.1, 0.15) is 17.3 Å². The second-order valence-electron chi connectivity index (χ2n) is 6.19. The van der Waals surface area contributed by atoms with Crippen molar-refractivity contribution < 1.29 is 13.2 Å². The van der Waals surface area contributed by atoms with Crippen LogP contribution in [-0.4, -0.2) is 41.7 Å². The van der Waals surface area contributed by atoms with Crippen molar-refractivity contribution in [3.8, 4) is 0 Å². The van der Waals surface area contributed by atoms with E-state index in [-0.39, 0.29) is 17.4 Å². The highest BCUT2D eigenvalue weighted by molar-refractivity contribution is 7.90. The van der Waals surface area contributed by atoms with Crippen molar-refractivity contribution in [2.24, 2.45) is 13.0 Å². The van der Waals surface area contributed by atoms with Gasteiger partial charge in [0.2, 0.25) is 0 Å². The fourth-order valence-corrected chi connectivity index (χ4v) is 4.35. The van der Waals surface area contributed by atoms with Crippen LogP contribution in [0.2, 0.25) is 0 Å². The average Bonchev–Trinajstić information content (AvgIpc) is 3.29. The maximum absolute atomic E-state index is 12.6. The summed E-state index contributed by atoms with van der Waals surface area (Å²) in [4.78, 5) is 22.2. The van der Waals surface area contributed by atoms with Crippen LogP contribution >= 0.6 is 0 Å². The van der Waals surface area contributed by atoms with Gasteiger partial charge < -0.3 is 9.47 Å². The van der Waals surface area contributed by atoms with E-state index in [1.807, 2.05) is 0 Å². The molecule has 2 heterocycles. The van der Waals surface area contributed by atoms with Gasteiger partial charge in [-0.25, -0.2) is 13.4 Å². The lowest BCUT2D eigenvalue weighted by molar-refractivity contribution is 0.0985. The topological polar surface area (TPSA) is 85.2 Å². The zero-order chi connectivity index (χ0) is 17.3. The first kappa shape index (κ1) is 16.6. The number of aromatic nitrogens is 3. The number of carbonyl (C=O) groups is 1. The van der Waals surface area contributed by atoms with E-state index in [9.17, 15) is 13.2 Å². The number of rotatable bonds is 6. The minimum absolute atomic E-state index is 0.135. The molecule has 1 aliphatic rings. The summed E-state index contributed by atoms with van der Waals surface area (Å²) in [6.07, 6.45) is 6.63. The van der Waals surface area contributed by atoms with Crippen LogP contribution in [0.5, 0.6) is 0 Å². The van der Waals surface area contributed by atoms with Crippen molar-refractivity contribution >= 4 is 21.4 Å². The summed E-state index contributed by atoms with van der Waals surface area (Å²) in [5, 5.41) is 0. The highest BCUT2D eigenvalue weighted by Crippen LogP contribution is 2.31. The summed E-state index contributed by atoms with van der Waals surface area (Å²) < 4.78 is 25.9. The van der Waals surface area contributed by atoms with Crippen LogP contribution in [0.1, 0.15) is 29.2 Å². The molecule has 0 spiro atoms. The first-order chi connectivity index (χ1) is 11.4. The Labute approximate surface area is 141 Å². The van der Waals surface area contributed by atoms with Gasteiger partial charge in [0.15, 0.2) is 9.84 Å². The number of pyridine rings is 1. The minimum atomic E-state index is -3.20. The van der Waals surface area contributed by atoms with E-state index in [4.69, 9.17) is 0 Å². The number of amides is 1. The molecule has 0 aromatic carbocycles. The van der Waals surface area contributed by atoms with Crippen LogP contribution in [0.4, 0.5) is 5.69 Å². The van der Waals surface area contributed by atoms with Gasteiger partial charge in [-0.3, -0.25) is 9.78 Å². The van der Waals surface area contributed by atoms with Gasteiger partial charge in [-0.15, -0.1) is 0 Å². The van der Waals surface area contributed by atoms with E-state index in [1.165, 1.54) is 11.1 Å². The van der Waals surface area contributed by atoms with Gasteiger partial charge in [-0.2, -0.15) is 0 Å². The van der Waals surface area contributed by atoms with Crippen molar-refractivity contribution in [2.45, 2.75) is 18.6 Å². The van der Waals surface area contributed by atoms with Crippen LogP contribution in [0.25, 0.3) is 0 Å². The second kappa shape index (κ2) is 6.35. The summed E-state index contributed by atoms with van der Waals surface area (Å²) in [5.41, 5.74) is 1.00. The molecule has 0 unspecified atom stereocenters. The predicted molar refractivity (Wildman–Crippen MR) is 90.4 cm³/mol. The van der Waals surface area contributed by atoms with Crippen molar-refractivity contribution in [3.63, 3.8) is 0 Å². The third-order valence-corrected chi connectivity index (χ3v) is 5.85. The van der Waals surface area contributed by atoms with Crippen molar-refractivity contribution in [1.29, 1.82) is 0 Å². The number of sulfone groups is 1. The van der Waals surface area contributed by atoms with Gasteiger partial charge in [-0.05, 0) is 30.9 Å². The molecule has 1 fully saturated rings. The molecule has 0 N–H and O–H groups in total. The molecular formula is C16H20N4O3S. The lowest BCUT2D eigenvalue weighted by Gasteiger charge is -2.17. The second-order valence-corrected chi connectivity index (χ2v) is 8.30. The molecular weight excluding hydrogens is 328 g/mol. The Morgan fingerprint density at radius 1 is 1.38 bits per heavy atom. The smallest absolute Gasteiger partial charge is 0.276 e. The van der Waals surface area contributed by atoms with E-state index in [0.29, 0.717) is 23.1 Å². The fraction of sp³-hybridized carbons (Fsp3) is 0.438. The molecule has 3 rings (SSSR count). The first-order valence-corrected chi connectivity index (χ1v) is 9.58. The molecule has 0 radical (unpaired) electrons. The Bertz CT molecular complexity index is 841. The highest BCUT2D eigenvalue weighted by atomic mass is 32.2. The molecule has 128 valence electrons.